The lowest BCUT2D eigenvalue weighted by Gasteiger charge is -2.06. The molecular weight excluding hydrogens is 307 g/mol. The average molecular weight is 312 g/mol. The van der Waals surface area contributed by atoms with E-state index in [2.05, 4.69) is 10.2 Å². The summed E-state index contributed by atoms with van der Waals surface area (Å²) in [5, 5.41) is 7.33. The highest BCUT2D eigenvalue weighted by molar-refractivity contribution is 7.71. The summed E-state index contributed by atoms with van der Waals surface area (Å²) in [5.74, 6) is 0.710. The molecule has 0 radical (unpaired) electrons. The van der Waals surface area contributed by atoms with Crippen molar-refractivity contribution in [2.75, 3.05) is 0 Å². The SMILES string of the molecule is S=c1[nH]nc(COc2cc(Cl)c(Cl)cc2Cl)o1. The number of halogens is 3. The maximum absolute atomic E-state index is 5.93. The van der Waals surface area contributed by atoms with E-state index < -0.39 is 0 Å². The Labute approximate surface area is 116 Å². The van der Waals surface area contributed by atoms with Gasteiger partial charge in [-0.05, 0) is 18.3 Å². The minimum atomic E-state index is 0.0881. The van der Waals surface area contributed by atoms with Gasteiger partial charge in [0.15, 0.2) is 6.61 Å². The molecule has 2 aromatic rings. The largest absolute Gasteiger partial charge is 0.482 e. The maximum Gasteiger partial charge on any atom is 0.284 e. The lowest BCUT2D eigenvalue weighted by molar-refractivity contribution is 0.262. The van der Waals surface area contributed by atoms with Crippen molar-refractivity contribution in [2.45, 2.75) is 6.61 Å². The number of hydrogen-bond acceptors (Lipinski definition) is 4. The maximum atomic E-state index is 5.93. The van der Waals surface area contributed by atoms with Gasteiger partial charge >= 0.3 is 0 Å². The van der Waals surface area contributed by atoms with Crippen molar-refractivity contribution in [3.8, 4) is 5.75 Å². The Morgan fingerprint density at radius 3 is 2.59 bits per heavy atom. The van der Waals surface area contributed by atoms with E-state index in [0.717, 1.165) is 0 Å². The molecule has 90 valence electrons. The van der Waals surface area contributed by atoms with Gasteiger partial charge in [-0.15, -0.1) is 5.10 Å². The van der Waals surface area contributed by atoms with E-state index in [9.17, 15) is 0 Å². The summed E-state index contributed by atoms with van der Waals surface area (Å²) in [6, 6.07) is 3.02. The molecule has 1 heterocycles. The molecule has 17 heavy (non-hydrogen) atoms. The number of benzene rings is 1. The van der Waals surface area contributed by atoms with E-state index in [1.807, 2.05) is 0 Å². The van der Waals surface area contributed by atoms with E-state index in [1.165, 1.54) is 12.1 Å². The molecule has 0 amide bonds. The number of hydrogen-bond donors (Lipinski definition) is 1. The topological polar surface area (TPSA) is 51.0 Å². The van der Waals surface area contributed by atoms with Gasteiger partial charge in [0.05, 0.1) is 15.1 Å². The highest BCUT2D eigenvalue weighted by atomic mass is 35.5. The number of nitrogens with one attached hydrogen (secondary N) is 1. The quantitative estimate of drug-likeness (QED) is 0.679. The molecule has 2 rings (SSSR count). The van der Waals surface area contributed by atoms with E-state index in [-0.39, 0.29) is 11.4 Å². The molecule has 0 aliphatic heterocycles. The third-order valence-corrected chi connectivity index (χ3v) is 3.00. The van der Waals surface area contributed by atoms with Crippen molar-refractivity contribution >= 4 is 47.0 Å². The zero-order chi connectivity index (χ0) is 12.4. The van der Waals surface area contributed by atoms with Crippen LogP contribution < -0.4 is 4.74 Å². The Morgan fingerprint density at radius 2 is 1.94 bits per heavy atom. The molecule has 1 aromatic carbocycles. The summed E-state index contributed by atoms with van der Waals surface area (Å²) in [4.78, 5) is 0.184. The summed E-state index contributed by atoms with van der Waals surface area (Å²) in [6.07, 6.45) is 0. The van der Waals surface area contributed by atoms with Crippen LogP contribution in [-0.2, 0) is 6.61 Å². The van der Waals surface area contributed by atoms with Crippen molar-refractivity contribution in [3.05, 3.63) is 37.9 Å². The van der Waals surface area contributed by atoms with Crippen LogP contribution in [0, 0.1) is 4.84 Å². The molecule has 1 aromatic heterocycles. The molecule has 0 saturated carbocycles. The number of nitrogens with zero attached hydrogens (tertiary/aromatic N) is 1. The number of aromatic nitrogens is 2. The summed E-state index contributed by atoms with van der Waals surface area (Å²) in [7, 11) is 0. The first-order valence-corrected chi connectivity index (χ1v) is 5.92. The van der Waals surface area contributed by atoms with Crippen molar-refractivity contribution in [3.63, 3.8) is 0 Å². The Kier molecular flexibility index (Phi) is 3.93. The molecule has 0 bridgehead atoms. The molecule has 0 fully saturated rings. The third kappa shape index (κ3) is 3.13. The van der Waals surface area contributed by atoms with Gasteiger partial charge in [0, 0.05) is 6.07 Å². The summed E-state index contributed by atoms with van der Waals surface area (Å²) < 4.78 is 10.4. The second-order valence-corrected chi connectivity index (χ2v) is 4.58. The van der Waals surface area contributed by atoms with E-state index in [0.29, 0.717) is 26.7 Å². The van der Waals surface area contributed by atoms with Gasteiger partial charge in [-0.1, -0.05) is 34.8 Å². The fourth-order valence-electron chi connectivity index (χ4n) is 1.08. The van der Waals surface area contributed by atoms with Gasteiger partial charge in [0.25, 0.3) is 10.7 Å². The lowest BCUT2D eigenvalue weighted by Crippen LogP contribution is -1.96. The molecule has 8 heteroatoms. The molecule has 4 nitrogen and oxygen atoms in total. The number of aromatic amines is 1. The lowest BCUT2D eigenvalue weighted by atomic mass is 10.3. The molecule has 0 unspecified atom stereocenters. The average Bonchev–Trinajstić information content (AvgIpc) is 2.68. The van der Waals surface area contributed by atoms with Gasteiger partial charge in [-0.3, -0.25) is 0 Å². The predicted molar refractivity (Wildman–Crippen MR) is 67.5 cm³/mol. The zero-order valence-electron chi connectivity index (χ0n) is 8.17. The first kappa shape index (κ1) is 12.7. The number of rotatable bonds is 3. The van der Waals surface area contributed by atoms with E-state index in [4.69, 9.17) is 56.2 Å². The first-order chi connectivity index (χ1) is 8.06. The molecule has 0 aliphatic rings. The van der Waals surface area contributed by atoms with Crippen LogP contribution in [0.2, 0.25) is 15.1 Å². The standard InChI is InChI=1S/C9H5Cl3N2O2S/c10-4-1-6(12)7(2-5(4)11)15-3-8-13-14-9(17)16-8/h1-2H,3H2,(H,14,17). The normalized spacial score (nSPS) is 10.5. The first-order valence-electron chi connectivity index (χ1n) is 4.38. The van der Waals surface area contributed by atoms with Gasteiger partial charge in [-0.2, -0.15) is 0 Å². The van der Waals surface area contributed by atoms with Gasteiger partial charge in [0.2, 0.25) is 0 Å². The fourth-order valence-corrected chi connectivity index (χ4v) is 1.81. The van der Waals surface area contributed by atoms with Gasteiger partial charge in [-0.25, -0.2) is 5.10 Å². The minimum absolute atomic E-state index is 0.0881. The molecule has 0 atom stereocenters. The monoisotopic (exact) mass is 310 g/mol. The molecule has 0 saturated heterocycles. The Hall–Kier alpha value is -0.750. The smallest absolute Gasteiger partial charge is 0.284 e. The summed E-state index contributed by atoms with van der Waals surface area (Å²) in [5.41, 5.74) is 0. The Bertz CT molecular complexity index is 596. The van der Waals surface area contributed by atoms with Gasteiger partial charge < -0.3 is 9.15 Å². The van der Waals surface area contributed by atoms with Crippen LogP contribution in [-0.4, -0.2) is 10.2 Å². The second kappa shape index (κ2) is 5.27. The second-order valence-electron chi connectivity index (χ2n) is 2.99. The van der Waals surface area contributed by atoms with Crippen LogP contribution in [0.4, 0.5) is 0 Å². The minimum Gasteiger partial charge on any atom is -0.482 e. The molecular formula is C9H5Cl3N2O2S. The number of H-pyrrole nitrogens is 1. The molecule has 0 aliphatic carbocycles. The molecule has 1 N–H and O–H groups in total. The van der Waals surface area contributed by atoms with Crippen molar-refractivity contribution in [1.29, 1.82) is 0 Å². The zero-order valence-corrected chi connectivity index (χ0v) is 11.3. The van der Waals surface area contributed by atoms with Crippen LogP contribution in [0.1, 0.15) is 5.89 Å². The van der Waals surface area contributed by atoms with E-state index >= 15 is 0 Å². The highest BCUT2D eigenvalue weighted by Crippen LogP contribution is 2.34. The summed E-state index contributed by atoms with van der Waals surface area (Å²) >= 11 is 22.3. The number of ether oxygens (including phenoxy) is 1. The molecule has 0 spiro atoms. The van der Waals surface area contributed by atoms with Crippen molar-refractivity contribution in [2.24, 2.45) is 0 Å². The van der Waals surface area contributed by atoms with Crippen LogP contribution in [0.5, 0.6) is 5.75 Å². The van der Waals surface area contributed by atoms with Crippen LogP contribution in [0.15, 0.2) is 16.5 Å². The van der Waals surface area contributed by atoms with Gasteiger partial charge in [0.1, 0.15) is 5.75 Å². The predicted octanol–water partition coefficient (Wildman–Crippen LogP) is 4.27. The van der Waals surface area contributed by atoms with Crippen LogP contribution in [0.25, 0.3) is 0 Å². The van der Waals surface area contributed by atoms with Crippen LogP contribution in [0.3, 0.4) is 0 Å². The highest BCUT2D eigenvalue weighted by Gasteiger charge is 2.08. The Balaban J connectivity index is 2.14. The van der Waals surface area contributed by atoms with Crippen molar-refractivity contribution in [1.82, 2.24) is 10.2 Å². The van der Waals surface area contributed by atoms with Crippen LogP contribution >= 0.6 is 47.0 Å². The Morgan fingerprint density at radius 1 is 1.24 bits per heavy atom. The fraction of sp³-hybridized carbons (Fsp3) is 0.111. The third-order valence-electron chi connectivity index (χ3n) is 1.81. The summed E-state index contributed by atoms with van der Waals surface area (Å²) in [6.45, 7) is 0.0881. The van der Waals surface area contributed by atoms with E-state index in [1.54, 1.807) is 0 Å². The van der Waals surface area contributed by atoms with Crippen molar-refractivity contribution < 1.29 is 9.15 Å².